The summed E-state index contributed by atoms with van der Waals surface area (Å²) in [5.74, 6) is -1.82. The Morgan fingerprint density at radius 2 is 1.80 bits per heavy atom. The monoisotopic (exact) mass is 281 g/mol. The molecule has 0 aromatic carbocycles. The molecule has 0 aliphatic heterocycles. The Morgan fingerprint density at radius 3 is 2.20 bits per heavy atom. The topological polar surface area (TPSA) is 102 Å². The van der Waals surface area contributed by atoms with Crippen LogP contribution in [0.2, 0.25) is 0 Å². The number of likely N-dealkylation sites (N-methyl/N-ethyl adjacent to an activating group) is 1. The molecule has 0 bridgehead atoms. The second kappa shape index (κ2) is 5.77. The lowest BCUT2D eigenvalue weighted by Gasteiger charge is -2.18. The molecule has 7 nitrogen and oxygen atoms in total. The van der Waals surface area contributed by atoms with Gasteiger partial charge in [0.15, 0.2) is 0 Å². The molecular formula is C13H19N3O4. The van der Waals surface area contributed by atoms with Crippen LogP contribution in [0.3, 0.4) is 0 Å². The van der Waals surface area contributed by atoms with Gasteiger partial charge in [0, 0.05) is 19.8 Å². The van der Waals surface area contributed by atoms with Crippen LogP contribution in [0.4, 0.5) is 0 Å². The van der Waals surface area contributed by atoms with Gasteiger partial charge in [-0.1, -0.05) is 0 Å². The molecule has 0 saturated heterocycles. The summed E-state index contributed by atoms with van der Waals surface area (Å²) in [6.45, 7) is 4.75. The summed E-state index contributed by atoms with van der Waals surface area (Å²) in [6, 6.07) is -0.681. The number of carbonyl (C=O) groups is 3. The smallest absolute Gasteiger partial charge is 0.352 e. The minimum absolute atomic E-state index is 0.0146. The van der Waals surface area contributed by atoms with Gasteiger partial charge >= 0.3 is 5.97 Å². The number of aromatic nitrogens is 1. The highest BCUT2D eigenvalue weighted by atomic mass is 16.4. The molecule has 1 aromatic rings. The Kier molecular flexibility index (Phi) is 4.54. The highest BCUT2D eigenvalue weighted by molar-refractivity contribution is 6.02. The number of aryl methyl sites for hydroxylation is 1. The number of nitrogens with one attached hydrogen (secondary N) is 2. The van der Waals surface area contributed by atoms with E-state index in [4.69, 9.17) is 5.11 Å². The first-order valence-corrected chi connectivity index (χ1v) is 6.11. The van der Waals surface area contributed by atoms with Gasteiger partial charge in [-0.05, 0) is 26.3 Å². The van der Waals surface area contributed by atoms with E-state index in [9.17, 15) is 14.4 Å². The quantitative estimate of drug-likeness (QED) is 0.749. The number of aromatic carboxylic acids is 1. The van der Waals surface area contributed by atoms with Crippen LogP contribution in [0, 0.1) is 13.8 Å². The zero-order valence-corrected chi connectivity index (χ0v) is 12.2. The number of hydrogen-bond acceptors (Lipinski definition) is 3. The molecule has 0 spiro atoms. The van der Waals surface area contributed by atoms with Crippen LogP contribution in [0.25, 0.3) is 0 Å². The minimum Gasteiger partial charge on any atom is -0.477 e. The molecule has 0 radical (unpaired) electrons. The van der Waals surface area contributed by atoms with E-state index in [0.29, 0.717) is 11.3 Å². The van der Waals surface area contributed by atoms with E-state index in [1.165, 1.54) is 4.90 Å². The van der Waals surface area contributed by atoms with Crippen LogP contribution in [-0.2, 0) is 4.79 Å². The van der Waals surface area contributed by atoms with E-state index in [2.05, 4.69) is 10.3 Å². The number of aromatic amines is 1. The molecule has 1 rings (SSSR count). The van der Waals surface area contributed by atoms with Gasteiger partial charge in [-0.3, -0.25) is 9.59 Å². The summed E-state index contributed by atoms with van der Waals surface area (Å²) in [4.78, 5) is 38.9. The van der Waals surface area contributed by atoms with Gasteiger partial charge in [-0.2, -0.15) is 0 Å². The average Bonchev–Trinajstić information content (AvgIpc) is 2.63. The molecule has 7 heteroatoms. The zero-order valence-electron chi connectivity index (χ0n) is 12.2. The molecule has 0 aliphatic carbocycles. The van der Waals surface area contributed by atoms with Crippen LogP contribution < -0.4 is 5.32 Å². The van der Waals surface area contributed by atoms with Crippen molar-refractivity contribution in [3.8, 4) is 0 Å². The highest BCUT2D eigenvalue weighted by Gasteiger charge is 2.24. The summed E-state index contributed by atoms with van der Waals surface area (Å²) < 4.78 is 0. The number of rotatable bonds is 4. The highest BCUT2D eigenvalue weighted by Crippen LogP contribution is 2.18. The lowest BCUT2D eigenvalue weighted by Crippen LogP contribution is -2.44. The zero-order chi connectivity index (χ0) is 15.6. The fourth-order valence-electron chi connectivity index (χ4n) is 2.02. The molecular weight excluding hydrogens is 262 g/mol. The Hall–Kier alpha value is -2.31. The van der Waals surface area contributed by atoms with Crippen molar-refractivity contribution in [1.82, 2.24) is 15.2 Å². The summed E-state index contributed by atoms with van der Waals surface area (Å²) in [7, 11) is 3.20. The lowest BCUT2D eigenvalue weighted by molar-refractivity contribution is -0.130. The third kappa shape index (κ3) is 2.98. The third-order valence-electron chi connectivity index (χ3n) is 3.04. The van der Waals surface area contributed by atoms with Crippen LogP contribution in [0.1, 0.15) is 39.0 Å². The van der Waals surface area contributed by atoms with E-state index >= 15 is 0 Å². The fourth-order valence-corrected chi connectivity index (χ4v) is 2.02. The largest absolute Gasteiger partial charge is 0.477 e. The molecule has 0 saturated carbocycles. The predicted octanol–water partition coefficient (Wildman–Crippen LogP) is 0.536. The summed E-state index contributed by atoms with van der Waals surface area (Å²) in [5, 5.41) is 11.6. The molecule has 2 amide bonds. The third-order valence-corrected chi connectivity index (χ3v) is 3.04. The van der Waals surface area contributed by atoms with Crippen molar-refractivity contribution >= 4 is 17.8 Å². The Bertz CT molecular complexity index is 560. The maximum absolute atomic E-state index is 12.2. The Morgan fingerprint density at radius 1 is 1.25 bits per heavy atom. The van der Waals surface area contributed by atoms with Gasteiger partial charge in [-0.25, -0.2) is 4.79 Å². The fraction of sp³-hybridized carbons (Fsp3) is 0.462. The second-order valence-corrected chi connectivity index (χ2v) is 4.86. The predicted molar refractivity (Wildman–Crippen MR) is 72.8 cm³/mol. The number of carboxylic acid groups (broad SMARTS) is 1. The maximum Gasteiger partial charge on any atom is 0.352 e. The molecule has 110 valence electrons. The van der Waals surface area contributed by atoms with Gasteiger partial charge in [0.1, 0.15) is 11.7 Å². The van der Waals surface area contributed by atoms with Crippen LogP contribution in [0.15, 0.2) is 0 Å². The molecule has 3 N–H and O–H groups in total. The number of nitrogens with zero attached hydrogens (tertiary/aromatic N) is 1. The van der Waals surface area contributed by atoms with Crippen molar-refractivity contribution in [3.05, 3.63) is 22.5 Å². The normalized spacial score (nSPS) is 11.8. The molecule has 1 heterocycles. The van der Waals surface area contributed by atoms with E-state index in [1.54, 1.807) is 34.9 Å². The van der Waals surface area contributed by atoms with Crippen molar-refractivity contribution in [2.45, 2.75) is 26.8 Å². The van der Waals surface area contributed by atoms with Crippen molar-refractivity contribution < 1.29 is 19.5 Å². The number of carbonyl (C=O) groups excluding carboxylic acids is 2. The standard InChI is InChI=1S/C13H19N3O4/c1-6-9(7(2)14-10(6)13(19)20)11(17)15-8(3)12(18)16(4)5/h8,14H,1-5H3,(H,15,17)(H,19,20). The molecule has 0 aliphatic rings. The molecule has 0 fully saturated rings. The number of H-pyrrole nitrogens is 1. The second-order valence-electron chi connectivity index (χ2n) is 4.86. The van der Waals surface area contributed by atoms with Crippen LogP contribution in [-0.4, -0.2) is 52.9 Å². The lowest BCUT2D eigenvalue weighted by atomic mass is 10.1. The van der Waals surface area contributed by atoms with E-state index in [1.807, 2.05) is 0 Å². The SMILES string of the molecule is Cc1[nH]c(C(=O)O)c(C)c1C(=O)NC(C)C(=O)N(C)C. The van der Waals surface area contributed by atoms with Crippen molar-refractivity contribution in [3.63, 3.8) is 0 Å². The average molecular weight is 281 g/mol. The van der Waals surface area contributed by atoms with Crippen molar-refractivity contribution in [1.29, 1.82) is 0 Å². The first-order chi connectivity index (χ1) is 9.16. The summed E-state index contributed by atoms with van der Waals surface area (Å²) in [6.07, 6.45) is 0. The van der Waals surface area contributed by atoms with Crippen molar-refractivity contribution in [2.24, 2.45) is 0 Å². The minimum atomic E-state index is -1.12. The van der Waals surface area contributed by atoms with Crippen LogP contribution in [0.5, 0.6) is 0 Å². The van der Waals surface area contributed by atoms with Gasteiger partial charge < -0.3 is 20.3 Å². The molecule has 20 heavy (non-hydrogen) atoms. The first kappa shape index (κ1) is 15.7. The van der Waals surface area contributed by atoms with Crippen LogP contribution >= 0.6 is 0 Å². The summed E-state index contributed by atoms with van der Waals surface area (Å²) in [5.41, 5.74) is 1.07. The van der Waals surface area contributed by atoms with Crippen molar-refractivity contribution in [2.75, 3.05) is 14.1 Å². The van der Waals surface area contributed by atoms with Gasteiger partial charge in [0.25, 0.3) is 5.91 Å². The number of carboxylic acids is 1. The van der Waals surface area contributed by atoms with E-state index < -0.39 is 17.9 Å². The number of amides is 2. The maximum atomic E-state index is 12.2. The van der Waals surface area contributed by atoms with Gasteiger partial charge in [-0.15, -0.1) is 0 Å². The Labute approximate surface area is 117 Å². The molecule has 1 unspecified atom stereocenters. The van der Waals surface area contributed by atoms with E-state index in [0.717, 1.165) is 0 Å². The molecule has 1 atom stereocenters. The van der Waals surface area contributed by atoms with Gasteiger partial charge in [0.05, 0.1) is 5.56 Å². The Balaban J connectivity index is 2.99. The molecule has 1 aromatic heterocycles. The number of hydrogen-bond donors (Lipinski definition) is 3. The van der Waals surface area contributed by atoms with Gasteiger partial charge in [0.2, 0.25) is 5.91 Å². The first-order valence-electron chi connectivity index (χ1n) is 6.11. The van der Waals surface area contributed by atoms with E-state index in [-0.39, 0.29) is 17.2 Å². The summed E-state index contributed by atoms with van der Waals surface area (Å²) >= 11 is 0.